The van der Waals surface area contributed by atoms with E-state index in [4.69, 9.17) is 0 Å². The van der Waals surface area contributed by atoms with Crippen molar-refractivity contribution in [2.45, 2.75) is 65.7 Å². The molecule has 0 saturated heterocycles. The summed E-state index contributed by atoms with van der Waals surface area (Å²) in [6.45, 7) is 7.00. The van der Waals surface area contributed by atoms with E-state index in [0.717, 1.165) is 38.5 Å². The first-order chi connectivity index (χ1) is 7.38. The summed E-state index contributed by atoms with van der Waals surface area (Å²) in [4.78, 5) is 11.4. The highest BCUT2D eigenvalue weighted by Crippen LogP contribution is 2.64. The maximum absolute atomic E-state index is 11.4. The van der Waals surface area contributed by atoms with Gasteiger partial charge in [0.25, 0.3) is 0 Å². The van der Waals surface area contributed by atoms with E-state index in [1.54, 1.807) is 0 Å². The molecule has 3 aliphatic carbocycles. The quantitative estimate of drug-likeness (QED) is 0.790. The Balaban J connectivity index is 2.21. The zero-order chi connectivity index (χ0) is 12.0. The van der Waals surface area contributed by atoms with Crippen LogP contribution in [0.1, 0.15) is 65.7 Å². The van der Waals surface area contributed by atoms with Crippen molar-refractivity contribution in [1.82, 2.24) is 0 Å². The van der Waals surface area contributed by atoms with Crippen LogP contribution in [0.25, 0.3) is 0 Å². The van der Waals surface area contributed by atoms with Crippen molar-refractivity contribution in [2.75, 3.05) is 0 Å². The molecule has 0 aromatic rings. The van der Waals surface area contributed by atoms with Gasteiger partial charge >= 0.3 is 5.97 Å². The number of hydrogen-bond donors (Lipinski definition) is 1. The summed E-state index contributed by atoms with van der Waals surface area (Å²) in [5.41, 5.74) is 0.447. The van der Waals surface area contributed by atoms with Crippen molar-refractivity contribution in [3.63, 3.8) is 0 Å². The van der Waals surface area contributed by atoms with Gasteiger partial charge in [-0.3, -0.25) is 4.79 Å². The molecule has 3 aliphatic rings. The number of hydrogen-bond acceptors (Lipinski definition) is 1. The Kier molecular flexibility index (Phi) is 2.60. The number of carbonyl (C=O) groups is 1. The monoisotopic (exact) mass is 224 g/mol. The highest BCUT2D eigenvalue weighted by atomic mass is 16.4. The van der Waals surface area contributed by atoms with Crippen LogP contribution in [0.2, 0.25) is 0 Å². The molecule has 0 aliphatic heterocycles. The number of carboxylic acids is 1. The average Bonchev–Trinajstić information content (AvgIpc) is 2.31. The third-order valence-corrected chi connectivity index (χ3v) is 6.02. The van der Waals surface area contributed by atoms with E-state index >= 15 is 0 Å². The van der Waals surface area contributed by atoms with E-state index in [2.05, 4.69) is 20.8 Å². The van der Waals surface area contributed by atoms with Gasteiger partial charge in [-0.15, -0.1) is 0 Å². The lowest BCUT2D eigenvalue weighted by Crippen LogP contribution is -2.51. The van der Waals surface area contributed by atoms with Gasteiger partial charge in [0.05, 0.1) is 5.41 Å². The number of carboxylic acid groups (broad SMARTS) is 1. The molecule has 0 amide bonds. The summed E-state index contributed by atoms with van der Waals surface area (Å²) in [5, 5.41) is 9.36. The topological polar surface area (TPSA) is 37.3 Å². The first kappa shape index (κ1) is 11.9. The molecule has 0 unspecified atom stereocenters. The molecule has 2 nitrogen and oxygen atoms in total. The number of rotatable bonds is 3. The summed E-state index contributed by atoms with van der Waals surface area (Å²) in [7, 11) is 0. The van der Waals surface area contributed by atoms with Crippen molar-refractivity contribution in [3.8, 4) is 0 Å². The normalized spacial score (nSPS) is 38.7. The predicted octanol–water partition coefficient (Wildman–Crippen LogP) is 3.85. The molecule has 0 atom stereocenters. The Morgan fingerprint density at radius 3 is 1.88 bits per heavy atom. The molecule has 0 radical (unpaired) electrons. The Bertz CT molecular complexity index is 279. The molecule has 1 N–H and O–H groups in total. The van der Waals surface area contributed by atoms with Crippen molar-refractivity contribution in [2.24, 2.45) is 16.2 Å². The van der Waals surface area contributed by atoms with E-state index in [-0.39, 0.29) is 5.41 Å². The van der Waals surface area contributed by atoms with Crippen molar-refractivity contribution in [3.05, 3.63) is 0 Å². The SMILES string of the molecule is CCC(C)(C)C12CCC(C(=O)O)(CC1)CC2. The minimum Gasteiger partial charge on any atom is -0.481 e. The summed E-state index contributed by atoms with van der Waals surface area (Å²) in [6, 6.07) is 0. The zero-order valence-corrected chi connectivity index (χ0v) is 10.8. The highest BCUT2D eigenvalue weighted by molar-refractivity contribution is 5.75. The van der Waals surface area contributed by atoms with E-state index in [1.165, 1.54) is 6.42 Å². The van der Waals surface area contributed by atoms with E-state index in [0.29, 0.717) is 10.8 Å². The molecule has 2 bridgehead atoms. The van der Waals surface area contributed by atoms with Gasteiger partial charge in [-0.05, 0) is 49.4 Å². The van der Waals surface area contributed by atoms with Gasteiger partial charge in [0.2, 0.25) is 0 Å². The van der Waals surface area contributed by atoms with Crippen LogP contribution in [-0.4, -0.2) is 11.1 Å². The predicted molar refractivity (Wildman–Crippen MR) is 64.3 cm³/mol. The largest absolute Gasteiger partial charge is 0.481 e. The Hall–Kier alpha value is -0.530. The fourth-order valence-corrected chi connectivity index (χ4v) is 3.90. The average molecular weight is 224 g/mol. The lowest BCUT2D eigenvalue weighted by molar-refractivity contribution is -0.165. The molecule has 3 fully saturated rings. The fourth-order valence-electron chi connectivity index (χ4n) is 3.90. The highest BCUT2D eigenvalue weighted by Gasteiger charge is 2.56. The third kappa shape index (κ3) is 1.42. The van der Waals surface area contributed by atoms with Crippen LogP contribution in [0.3, 0.4) is 0 Å². The van der Waals surface area contributed by atoms with Crippen LogP contribution >= 0.6 is 0 Å². The first-order valence-corrected chi connectivity index (χ1v) is 6.61. The van der Waals surface area contributed by atoms with Gasteiger partial charge in [0, 0.05) is 0 Å². The fraction of sp³-hybridized carbons (Fsp3) is 0.929. The van der Waals surface area contributed by atoms with Crippen LogP contribution in [0, 0.1) is 16.2 Å². The van der Waals surface area contributed by atoms with Crippen molar-refractivity contribution >= 4 is 5.97 Å². The summed E-state index contributed by atoms with van der Waals surface area (Å²) in [5.74, 6) is -0.546. The van der Waals surface area contributed by atoms with Crippen LogP contribution in [0.5, 0.6) is 0 Å². The number of aliphatic carboxylic acids is 1. The van der Waals surface area contributed by atoms with Gasteiger partial charge in [-0.2, -0.15) is 0 Å². The second kappa shape index (κ2) is 3.48. The summed E-state index contributed by atoms with van der Waals surface area (Å²) in [6.07, 6.45) is 7.30. The maximum atomic E-state index is 11.4. The van der Waals surface area contributed by atoms with Crippen LogP contribution in [0.4, 0.5) is 0 Å². The molecule has 0 heterocycles. The molecule has 3 saturated carbocycles. The molecule has 16 heavy (non-hydrogen) atoms. The van der Waals surface area contributed by atoms with Crippen molar-refractivity contribution in [1.29, 1.82) is 0 Å². The van der Waals surface area contributed by atoms with Gasteiger partial charge in [0.1, 0.15) is 0 Å². The van der Waals surface area contributed by atoms with E-state index in [9.17, 15) is 9.90 Å². The van der Waals surface area contributed by atoms with Gasteiger partial charge in [-0.25, -0.2) is 0 Å². The van der Waals surface area contributed by atoms with Gasteiger partial charge in [0.15, 0.2) is 0 Å². The second-order valence-corrected chi connectivity index (χ2v) is 6.60. The minimum atomic E-state index is -0.546. The lowest BCUT2D eigenvalue weighted by Gasteiger charge is -2.58. The van der Waals surface area contributed by atoms with E-state index < -0.39 is 5.97 Å². The Labute approximate surface area is 98.4 Å². The molecular formula is C14H24O2. The molecule has 92 valence electrons. The molecular weight excluding hydrogens is 200 g/mol. The molecule has 0 aromatic carbocycles. The van der Waals surface area contributed by atoms with E-state index in [1.807, 2.05) is 0 Å². The van der Waals surface area contributed by atoms with Crippen LogP contribution in [-0.2, 0) is 4.79 Å². The van der Waals surface area contributed by atoms with Gasteiger partial charge < -0.3 is 5.11 Å². The summed E-state index contributed by atoms with van der Waals surface area (Å²) >= 11 is 0. The Morgan fingerprint density at radius 1 is 1.12 bits per heavy atom. The van der Waals surface area contributed by atoms with Crippen molar-refractivity contribution < 1.29 is 9.90 Å². The molecule has 0 spiro atoms. The van der Waals surface area contributed by atoms with Crippen LogP contribution in [0.15, 0.2) is 0 Å². The second-order valence-electron chi connectivity index (χ2n) is 6.60. The first-order valence-electron chi connectivity index (χ1n) is 6.61. The van der Waals surface area contributed by atoms with Gasteiger partial charge in [-0.1, -0.05) is 27.2 Å². The van der Waals surface area contributed by atoms with Crippen LogP contribution < -0.4 is 0 Å². The summed E-state index contributed by atoms with van der Waals surface area (Å²) < 4.78 is 0. The molecule has 2 heteroatoms. The lowest BCUT2D eigenvalue weighted by atomic mass is 9.46. The minimum absolute atomic E-state index is 0.356. The molecule has 3 rings (SSSR count). The zero-order valence-electron chi connectivity index (χ0n) is 10.8. The number of fused-ring (bicyclic) bond motifs is 3. The standard InChI is InChI=1S/C14H24O2/c1-4-12(2,3)14-8-5-13(6-9-14,7-10-14)11(15)16/h4-10H2,1-3H3,(H,15,16). The smallest absolute Gasteiger partial charge is 0.309 e. The third-order valence-electron chi connectivity index (χ3n) is 6.02. The Morgan fingerprint density at radius 2 is 1.56 bits per heavy atom. The maximum Gasteiger partial charge on any atom is 0.309 e. The molecule has 0 aromatic heterocycles.